The number of hydrogen-bond donors (Lipinski definition) is 0. The van der Waals surface area contributed by atoms with E-state index in [1.54, 1.807) is 18.2 Å². The fraction of sp³-hybridized carbons (Fsp3) is 0.156. The van der Waals surface area contributed by atoms with Crippen molar-refractivity contribution in [3.63, 3.8) is 0 Å². The van der Waals surface area contributed by atoms with Crippen molar-refractivity contribution in [3.05, 3.63) is 247 Å². The van der Waals surface area contributed by atoms with Crippen molar-refractivity contribution in [2.75, 3.05) is 9.80 Å². The van der Waals surface area contributed by atoms with Crippen LogP contribution in [0.3, 0.4) is 0 Å². The third-order valence-corrected chi connectivity index (χ3v) is 13.5. The second kappa shape index (κ2) is 17.8. The minimum absolute atomic E-state index is 0. The quantitative estimate of drug-likeness (QED) is 0.135. The van der Waals surface area contributed by atoms with E-state index in [1.165, 1.54) is 5.56 Å². The van der Waals surface area contributed by atoms with Gasteiger partial charge in [-0.05, 0) is 68.8 Å². The predicted molar refractivity (Wildman–Crippen MR) is 284 cm³/mol. The molecular weight excluding hydrogens is 1020 g/mol. The maximum Gasteiger partial charge on any atom is 0.135 e. The Morgan fingerprint density at radius 2 is 1.14 bits per heavy atom. The Labute approximate surface area is 436 Å². The van der Waals surface area contributed by atoms with Gasteiger partial charge >= 0.3 is 0 Å². The molecule has 69 heavy (non-hydrogen) atoms. The molecule has 10 aromatic rings. The monoisotopic (exact) mass is 1080 g/mol. The molecule has 1 aliphatic heterocycles. The van der Waals surface area contributed by atoms with Crippen LogP contribution in [0.1, 0.15) is 90.0 Å². The summed E-state index contributed by atoms with van der Waals surface area (Å²) < 4.78 is 90.4. The van der Waals surface area contributed by atoms with E-state index < -0.39 is 65.8 Å². The normalized spacial score (nSPS) is 14.9. The number of fused-ring (bicyclic) bond motifs is 4. The Morgan fingerprint density at radius 1 is 0.522 bits per heavy atom. The van der Waals surface area contributed by atoms with Gasteiger partial charge in [-0.3, -0.25) is 0 Å². The molecule has 2 aromatic heterocycles. The first-order valence-electron chi connectivity index (χ1n) is 27.9. The van der Waals surface area contributed by atoms with Crippen molar-refractivity contribution < 1.29 is 34.8 Å². The molecule has 1 aliphatic rings. The largest absolute Gasteiger partial charge is 0.493 e. The molecule has 8 aromatic carbocycles. The molecular formula is C64H55N4Pt-3. The van der Waals surface area contributed by atoms with Crippen LogP contribution < -0.4 is 9.80 Å². The minimum atomic E-state index is -0.698. The maximum absolute atomic E-state index is 9.16. The van der Waals surface area contributed by atoms with Gasteiger partial charge in [0.2, 0.25) is 0 Å². The number of hydrogen-bond acceptors (Lipinski definition) is 3. The van der Waals surface area contributed by atoms with Crippen molar-refractivity contribution in [3.8, 4) is 28.1 Å². The van der Waals surface area contributed by atoms with E-state index in [0.717, 1.165) is 49.9 Å². The topological polar surface area (TPSA) is 24.3 Å². The second-order valence-corrected chi connectivity index (χ2v) is 19.5. The molecule has 0 N–H and O–H groups in total. The molecule has 0 saturated heterocycles. The Bertz CT molecular complexity index is 3950. The molecule has 4 nitrogen and oxygen atoms in total. The molecule has 0 spiro atoms. The number of anilines is 4. The van der Waals surface area contributed by atoms with E-state index in [4.69, 9.17) is 18.7 Å². The summed E-state index contributed by atoms with van der Waals surface area (Å²) in [6.45, 7) is 17.2. The van der Waals surface area contributed by atoms with E-state index in [-0.39, 0.29) is 59.8 Å². The fourth-order valence-corrected chi connectivity index (χ4v) is 9.50. The number of benzene rings is 8. The van der Waals surface area contributed by atoms with Crippen LogP contribution in [0.25, 0.3) is 49.9 Å². The van der Waals surface area contributed by atoms with Gasteiger partial charge in [-0.25, -0.2) is 4.98 Å². The molecule has 0 radical (unpaired) electrons. The van der Waals surface area contributed by atoms with Gasteiger partial charge in [-0.1, -0.05) is 193 Å². The number of para-hydroxylation sites is 4. The molecule has 0 unspecified atom stereocenters. The van der Waals surface area contributed by atoms with Crippen LogP contribution in [0.2, 0.25) is 0 Å². The molecule has 0 saturated carbocycles. The van der Waals surface area contributed by atoms with Crippen LogP contribution in [0.4, 0.5) is 22.7 Å². The molecule has 5 heteroatoms. The van der Waals surface area contributed by atoms with Gasteiger partial charge in [0.05, 0.1) is 13.7 Å². The van der Waals surface area contributed by atoms with Crippen molar-refractivity contribution >= 4 is 44.6 Å². The molecule has 0 fully saturated rings. The summed E-state index contributed by atoms with van der Waals surface area (Å²) in [7, 11) is 0. The van der Waals surface area contributed by atoms with Gasteiger partial charge in [-0.2, -0.15) is 47.0 Å². The van der Waals surface area contributed by atoms with Crippen LogP contribution in [0.15, 0.2) is 200 Å². The Hall–Kier alpha value is -7.00. The summed E-state index contributed by atoms with van der Waals surface area (Å²) in [6.07, 6.45) is 1.89. The Kier molecular flexibility index (Phi) is 9.08. The van der Waals surface area contributed by atoms with Crippen LogP contribution in [-0.2, 0) is 37.3 Å². The van der Waals surface area contributed by atoms with Crippen molar-refractivity contribution in [1.82, 2.24) is 9.55 Å². The number of nitrogens with zero attached hydrogens (tertiary/aromatic N) is 4. The minimum Gasteiger partial charge on any atom is -0.493 e. The molecule has 0 aliphatic carbocycles. The Balaban J connectivity index is 0.00000704. The zero-order valence-corrected chi connectivity index (χ0v) is 41.7. The summed E-state index contributed by atoms with van der Waals surface area (Å²) in [5.41, 5.74) is 8.19. The molecule has 0 amide bonds. The number of aromatic nitrogens is 2. The van der Waals surface area contributed by atoms with E-state index in [1.807, 2.05) is 59.1 Å². The van der Waals surface area contributed by atoms with E-state index in [0.29, 0.717) is 17.1 Å². The van der Waals surface area contributed by atoms with E-state index in [9.17, 15) is 0 Å². The number of rotatable bonds is 9. The standard InChI is InChI=1S/C64H55N4.Pt/c1-62(2,3)49-38-50(40-51(39-49)66-43-67(58-33-20-19-32-57(58)66)61-52(44-22-11-8-12-23-44)29-21-30-53(61)45-24-13-9-14-25-45)64(6,7)47-34-35-55-54-28-17-18-31-56(54)68(59(55)41-47)60-42-48(36-37-65-60)63(4,5)46-26-15-10-16-27-46;/h8-39,42-43H,1-7H3;/q-3;/i8D,9D,11D,12D,13D,14D,22D,23D,24D,25D;. The first-order valence-corrected chi connectivity index (χ1v) is 22.9. The van der Waals surface area contributed by atoms with Gasteiger partial charge in [0.25, 0.3) is 0 Å². The van der Waals surface area contributed by atoms with Crippen molar-refractivity contribution in [2.24, 2.45) is 0 Å². The van der Waals surface area contributed by atoms with Crippen molar-refractivity contribution in [1.29, 1.82) is 0 Å². The second-order valence-electron chi connectivity index (χ2n) is 19.5. The zero-order chi connectivity index (χ0) is 55.5. The van der Waals surface area contributed by atoms with Gasteiger partial charge < -0.3 is 14.4 Å². The first kappa shape index (κ1) is 35.2. The summed E-state index contributed by atoms with van der Waals surface area (Å²) in [6, 6.07) is 47.0. The third-order valence-electron chi connectivity index (χ3n) is 13.5. The fourth-order valence-electron chi connectivity index (χ4n) is 9.50. The smallest absolute Gasteiger partial charge is 0.135 e. The molecule has 11 rings (SSSR count). The van der Waals surface area contributed by atoms with E-state index in [2.05, 4.69) is 144 Å². The van der Waals surface area contributed by atoms with Gasteiger partial charge in [0.15, 0.2) is 0 Å². The molecule has 3 heterocycles. The van der Waals surface area contributed by atoms with Gasteiger partial charge in [0.1, 0.15) is 5.82 Å². The average molecular weight is 1090 g/mol. The van der Waals surface area contributed by atoms with E-state index >= 15 is 0 Å². The summed E-state index contributed by atoms with van der Waals surface area (Å²) in [5, 5.41) is 2.13. The number of pyridine rings is 1. The predicted octanol–water partition coefficient (Wildman–Crippen LogP) is 16.5. The van der Waals surface area contributed by atoms with Crippen LogP contribution in [0, 0.1) is 18.8 Å². The van der Waals surface area contributed by atoms with Crippen molar-refractivity contribution in [2.45, 2.75) is 64.7 Å². The summed E-state index contributed by atoms with van der Waals surface area (Å²) in [4.78, 5) is 8.81. The Morgan fingerprint density at radius 3 is 1.81 bits per heavy atom. The molecule has 0 atom stereocenters. The van der Waals surface area contributed by atoms with Crippen LogP contribution in [0.5, 0.6) is 0 Å². The maximum atomic E-state index is 9.16. The first-order chi connectivity index (χ1) is 37.0. The van der Waals surface area contributed by atoms with Gasteiger partial charge in [0, 0.05) is 66.4 Å². The molecule has 0 bridgehead atoms. The van der Waals surface area contributed by atoms with Gasteiger partial charge in [-0.15, -0.1) is 23.8 Å². The zero-order valence-electron chi connectivity index (χ0n) is 49.5. The SMILES string of the molecule is [2H]c1c([2H])c([2H])c(-c2cccc(-c3c([2H])c([2H])c([2H])c([2H])c3[2H])c2N2[CH-]N(c3[c-]c(C(C)(C)c4[c-]c5c(cc4)c4ccccc4n5-c4cc(C(C)(C)c5ccccc5)ccn4)cc(C(C)(C)C)c3)c3ccccc32)c([2H])c1[2H].[Pt]. The summed E-state index contributed by atoms with van der Waals surface area (Å²) >= 11 is 0. The van der Waals surface area contributed by atoms with Crippen LogP contribution >= 0.6 is 0 Å². The average Bonchev–Trinajstić information content (AvgIpc) is 4.24. The summed E-state index contributed by atoms with van der Waals surface area (Å²) in [5.74, 6) is 0.785. The third kappa shape index (κ3) is 8.09. The van der Waals surface area contributed by atoms with Crippen LogP contribution in [-0.4, -0.2) is 9.55 Å². The molecule has 344 valence electrons.